The molecule has 0 saturated heterocycles. The van der Waals surface area contributed by atoms with Crippen LogP contribution < -0.4 is 29.8 Å². The number of fused-ring (bicyclic) bond motifs is 1. The molecule has 1 aromatic heterocycles. The van der Waals surface area contributed by atoms with Crippen molar-refractivity contribution in [2.75, 3.05) is 27.9 Å². The van der Waals surface area contributed by atoms with E-state index in [9.17, 15) is 9.59 Å². The number of benzene rings is 3. The zero-order valence-corrected chi connectivity index (χ0v) is 20.7. The van der Waals surface area contributed by atoms with Crippen molar-refractivity contribution >= 4 is 16.7 Å². The number of hydrogen-bond donors (Lipinski definition) is 1. The standard InChI is InChI=1S/C28H28N2O6/c1-5-36-20-12-10-19(11-13-20)30-17-23(27(31)29-16-18-8-6-7-9-24(18)33-2)21-14-25(34-3)26(35-4)15-22(21)28(30)32/h6-15,17H,5,16H2,1-4H3,(H,29,31). The van der Waals surface area contributed by atoms with E-state index in [1.165, 1.54) is 18.8 Å². The van der Waals surface area contributed by atoms with Gasteiger partial charge in [-0.3, -0.25) is 14.2 Å². The van der Waals surface area contributed by atoms with Gasteiger partial charge in [0.1, 0.15) is 11.5 Å². The largest absolute Gasteiger partial charge is 0.496 e. The molecule has 0 unspecified atom stereocenters. The van der Waals surface area contributed by atoms with E-state index in [1.807, 2.05) is 31.2 Å². The molecular weight excluding hydrogens is 460 g/mol. The van der Waals surface area contributed by atoms with E-state index < -0.39 is 0 Å². The smallest absolute Gasteiger partial charge is 0.263 e. The van der Waals surface area contributed by atoms with Crippen LogP contribution in [0.15, 0.2) is 71.7 Å². The second-order valence-corrected chi connectivity index (χ2v) is 7.89. The number of ether oxygens (including phenoxy) is 4. The summed E-state index contributed by atoms with van der Waals surface area (Å²) >= 11 is 0. The van der Waals surface area contributed by atoms with Crippen LogP contribution in [0.2, 0.25) is 0 Å². The number of amides is 1. The summed E-state index contributed by atoms with van der Waals surface area (Å²) in [6, 6.07) is 17.8. The van der Waals surface area contributed by atoms with Gasteiger partial charge in [0.25, 0.3) is 11.5 Å². The van der Waals surface area contributed by atoms with Gasteiger partial charge in [-0.25, -0.2) is 0 Å². The molecule has 0 atom stereocenters. The van der Waals surface area contributed by atoms with Gasteiger partial charge in [0, 0.05) is 29.4 Å². The van der Waals surface area contributed by atoms with Crippen LogP contribution in [0.5, 0.6) is 23.0 Å². The lowest BCUT2D eigenvalue weighted by atomic mass is 10.0. The van der Waals surface area contributed by atoms with E-state index >= 15 is 0 Å². The zero-order valence-electron chi connectivity index (χ0n) is 20.7. The number of nitrogens with zero attached hydrogens (tertiary/aromatic N) is 1. The fraction of sp³-hybridized carbons (Fsp3) is 0.214. The Kier molecular flexibility index (Phi) is 7.44. The average molecular weight is 489 g/mol. The minimum absolute atomic E-state index is 0.250. The lowest BCUT2D eigenvalue weighted by Gasteiger charge is -2.16. The molecule has 8 nitrogen and oxygen atoms in total. The first-order valence-electron chi connectivity index (χ1n) is 11.4. The molecular formula is C28H28N2O6. The zero-order chi connectivity index (χ0) is 25.7. The monoisotopic (exact) mass is 488 g/mol. The van der Waals surface area contributed by atoms with Crippen molar-refractivity contribution in [1.82, 2.24) is 9.88 Å². The number of aromatic nitrogens is 1. The Balaban J connectivity index is 1.83. The normalized spacial score (nSPS) is 10.7. The summed E-state index contributed by atoms with van der Waals surface area (Å²) in [5.74, 6) is 1.83. The van der Waals surface area contributed by atoms with E-state index in [-0.39, 0.29) is 18.0 Å². The Labute approximate surface area is 209 Å². The Morgan fingerprint density at radius 1 is 0.861 bits per heavy atom. The van der Waals surface area contributed by atoms with Crippen molar-refractivity contribution in [3.63, 3.8) is 0 Å². The lowest BCUT2D eigenvalue weighted by Crippen LogP contribution is -2.27. The van der Waals surface area contributed by atoms with E-state index in [2.05, 4.69) is 5.32 Å². The number of methoxy groups -OCH3 is 3. The van der Waals surface area contributed by atoms with Gasteiger partial charge in [-0.2, -0.15) is 0 Å². The Morgan fingerprint density at radius 2 is 1.50 bits per heavy atom. The number of nitrogens with one attached hydrogen (secondary N) is 1. The SMILES string of the molecule is CCOc1ccc(-n2cc(C(=O)NCc3ccccc3OC)c3cc(OC)c(OC)cc3c2=O)cc1. The summed E-state index contributed by atoms with van der Waals surface area (Å²) in [4.78, 5) is 27.0. The molecule has 0 spiro atoms. The molecule has 3 aromatic carbocycles. The molecule has 0 aliphatic carbocycles. The quantitative estimate of drug-likeness (QED) is 0.377. The van der Waals surface area contributed by atoms with Crippen molar-refractivity contribution in [1.29, 1.82) is 0 Å². The first-order chi connectivity index (χ1) is 17.5. The molecule has 4 aromatic rings. The Bertz CT molecular complexity index is 1440. The van der Waals surface area contributed by atoms with Crippen LogP contribution in [0.1, 0.15) is 22.8 Å². The summed E-state index contributed by atoms with van der Waals surface area (Å²) < 4.78 is 23.2. The van der Waals surface area contributed by atoms with Gasteiger partial charge >= 0.3 is 0 Å². The lowest BCUT2D eigenvalue weighted by molar-refractivity contribution is 0.0951. The molecule has 0 fully saturated rings. The van der Waals surface area contributed by atoms with Gasteiger partial charge in [-0.15, -0.1) is 0 Å². The number of carbonyl (C=O) groups excluding carboxylic acids is 1. The number of pyridine rings is 1. The maximum Gasteiger partial charge on any atom is 0.263 e. The predicted octanol–water partition coefficient (Wildman–Crippen LogP) is 4.35. The average Bonchev–Trinajstić information content (AvgIpc) is 2.92. The molecule has 0 saturated carbocycles. The van der Waals surface area contributed by atoms with Crippen molar-refractivity contribution in [3.05, 3.63) is 88.3 Å². The number of para-hydroxylation sites is 1. The Morgan fingerprint density at radius 3 is 2.14 bits per heavy atom. The second kappa shape index (κ2) is 10.9. The number of hydrogen-bond acceptors (Lipinski definition) is 6. The van der Waals surface area contributed by atoms with Crippen LogP contribution in [-0.2, 0) is 6.54 Å². The molecule has 186 valence electrons. The van der Waals surface area contributed by atoms with E-state index in [1.54, 1.807) is 49.7 Å². The van der Waals surface area contributed by atoms with Crippen LogP contribution in [0.4, 0.5) is 0 Å². The highest BCUT2D eigenvalue weighted by molar-refractivity contribution is 6.07. The second-order valence-electron chi connectivity index (χ2n) is 7.89. The van der Waals surface area contributed by atoms with Gasteiger partial charge in [0.2, 0.25) is 0 Å². The fourth-order valence-corrected chi connectivity index (χ4v) is 4.03. The van der Waals surface area contributed by atoms with Gasteiger partial charge in [-0.1, -0.05) is 18.2 Å². The van der Waals surface area contributed by atoms with E-state index in [4.69, 9.17) is 18.9 Å². The van der Waals surface area contributed by atoms with Crippen molar-refractivity contribution in [2.24, 2.45) is 0 Å². The molecule has 1 heterocycles. The summed E-state index contributed by atoms with van der Waals surface area (Å²) in [6.07, 6.45) is 1.55. The summed E-state index contributed by atoms with van der Waals surface area (Å²) in [6.45, 7) is 2.69. The van der Waals surface area contributed by atoms with E-state index in [0.717, 1.165) is 5.56 Å². The molecule has 1 N–H and O–H groups in total. The number of carbonyl (C=O) groups is 1. The van der Waals surface area contributed by atoms with Crippen LogP contribution in [-0.4, -0.2) is 38.4 Å². The molecule has 36 heavy (non-hydrogen) atoms. The molecule has 4 rings (SSSR count). The summed E-state index contributed by atoms with van der Waals surface area (Å²) in [5.41, 5.74) is 1.45. The number of rotatable bonds is 9. The maximum atomic E-state index is 13.5. The third kappa shape index (κ3) is 4.84. The van der Waals surface area contributed by atoms with Crippen molar-refractivity contribution in [2.45, 2.75) is 13.5 Å². The maximum absolute atomic E-state index is 13.5. The third-order valence-electron chi connectivity index (χ3n) is 5.82. The summed E-state index contributed by atoms with van der Waals surface area (Å²) in [5, 5.41) is 3.73. The minimum atomic E-state index is -0.349. The van der Waals surface area contributed by atoms with Crippen LogP contribution in [0, 0.1) is 0 Å². The molecule has 0 bridgehead atoms. The predicted molar refractivity (Wildman–Crippen MR) is 138 cm³/mol. The fourth-order valence-electron chi connectivity index (χ4n) is 4.03. The Hall–Kier alpha value is -4.46. The first-order valence-corrected chi connectivity index (χ1v) is 11.4. The highest BCUT2D eigenvalue weighted by atomic mass is 16.5. The third-order valence-corrected chi connectivity index (χ3v) is 5.82. The highest BCUT2D eigenvalue weighted by Crippen LogP contribution is 2.33. The van der Waals surface area contributed by atoms with Crippen molar-refractivity contribution in [3.8, 4) is 28.7 Å². The molecule has 1 amide bonds. The molecule has 0 aliphatic rings. The highest BCUT2D eigenvalue weighted by Gasteiger charge is 2.19. The molecule has 0 aliphatic heterocycles. The minimum Gasteiger partial charge on any atom is -0.496 e. The van der Waals surface area contributed by atoms with Gasteiger partial charge < -0.3 is 24.3 Å². The van der Waals surface area contributed by atoms with Crippen LogP contribution in [0.3, 0.4) is 0 Å². The van der Waals surface area contributed by atoms with Gasteiger partial charge in [0.15, 0.2) is 11.5 Å². The van der Waals surface area contributed by atoms with Crippen LogP contribution >= 0.6 is 0 Å². The van der Waals surface area contributed by atoms with Crippen LogP contribution in [0.25, 0.3) is 16.5 Å². The molecule has 0 radical (unpaired) electrons. The topological polar surface area (TPSA) is 88.0 Å². The van der Waals surface area contributed by atoms with E-state index in [0.29, 0.717) is 51.6 Å². The van der Waals surface area contributed by atoms with Gasteiger partial charge in [-0.05, 0) is 49.4 Å². The molecule has 8 heteroatoms. The van der Waals surface area contributed by atoms with Gasteiger partial charge in [0.05, 0.1) is 38.9 Å². The first kappa shape index (κ1) is 24.7. The van der Waals surface area contributed by atoms with Crippen molar-refractivity contribution < 1.29 is 23.7 Å². The summed E-state index contributed by atoms with van der Waals surface area (Å²) in [7, 11) is 4.59.